The number of benzene rings is 2. The third-order valence-electron chi connectivity index (χ3n) is 7.41. The van der Waals surface area contributed by atoms with Crippen molar-refractivity contribution in [1.29, 1.82) is 0 Å². The average Bonchev–Trinajstić information content (AvgIpc) is 3.30. The van der Waals surface area contributed by atoms with Gasteiger partial charge in [-0.25, -0.2) is 4.79 Å². The number of hydrogen-bond donors (Lipinski definition) is 0. The Balaban J connectivity index is 2.03. The molecule has 1 heterocycles. The standard InChI is InChI=1S/C34H49NO8Si/c1-31(2,3)40-28(36)21-34(30(37)41-32(4,5)6)20-26(35-43-34)25-14-13-15-27(29(25)42-44(11,12)33(7,8)9)39-22-23-16-18-24(38-10)19-17-23/h13-19H,20-22H2,1-12H3. The molecule has 0 aliphatic carbocycles. The van der Waals surface area contributed by atoms with Crippen LogP contribution in [0.4, 0.5) is 0 Å². The van der Waals surface area contributed by atoms with Crippen LogP contribution in [0.3, 0.4) is 0 Å². The topological polar surface area (TPSA) is 102 Å². The predicted molar refractivity (Wildman–Crippen MR) is 173 cm³/mol. The van der Waals surface area contributed by atoms with E-state index in [-0.39, 0.29) is 17.9 Å². The molecule has 10 heteroatoms. The fourth-order valence-corrected chi connectivity index (χ4v) is 5.16. The van der Waals surface area contributed by atoms with E-state index in [1.807, 2.05) is 42.5 Å². The van der Waals surface area contributed by atoms with Crippen molar-refractivity contribution in [2.45, 2.75) is 117 Å². The van der Waals surface area contributed by atoms with Crippen LogP contribution in [0.1, 0.15) is 86.3 Å². The molecule has 1 aliphatic heterocycles. The summed E-state index contributed by atoms with van der Waals surface area (Å²) in [6.45, 7) is 21.7. The summed E-state index contributed by atoms with van der Waals surface area (Å²) in [6.07, 6.45) is -0.380. The number of carbonyl (C=O) groups is 2. The molecule has 1 aliphatic rings. The maximum Gasteiger partial charge on any atom is 0.354 e. The molecule has 0 aromatic heterocycles. The minimum absolute atomic E-state index is 0.0169. The van der Waals surface area contributed by atoms with Crippen molar-refractivity contribution >= 4 is 26.0 Å². The number of carbonyl (C=O) groups excluding carboxylic acids is 2. The maximum atomic E-state index is 13.6. The highest BCUT2D eigenvalue weighted by molar-refractivity contribution is 6.74. The van der Waals surface area contributed by atoms with Gasteiger partial charge in [0.05, 0.1) is 19.2 Å². The van der Waals surface area contributed by atoms with E-state index in [1.165, 1.54) is 0 Å². The molecule has 0 bridgehead atoms. The number of ether oxygens (including phenoxy) is 4. The van der Waals surface area contributed by atoms with E-state index in [0.717, 1.165) is 11.3 Å². The van der Waals surface area contributed by atoms with Gasteiger partial charge in [-0.15, -0.1) is 0 Å². The first-order valence-electron chi connectivity index (χ1n) is 14.9. The summed E-state index contributed by atoms with van der Waals surface area (Å²) >= 11 is 0. The second-order valence-electron chi connectivity index (χ2n) is 14.7. The van der Waals surface area contributed by atoms with E-state index in [0.29, 0.717) is 29.4 Å². The van der Waals surface area contributed by atoms with E-state index in [1.54, 1.807) is 48.7 Å². The van der Waals surface area contributed by atoms with Gasteiger partial charge in [0.2, 0.25) is 5.60 Å². The molecular formula is C34H49NO8Si. The quantitative estimate of drug-likeness (QED) is 0.196. The lowest BCUT2D eigenvalue weighted by Gasteiger charge is -2.37. The molecule has 0 amide bonds. The first-order valence-corrected chi connectivity index (χ1v) is 17.8. The van der Waals surface area contributed by atoms with Gasteiger partial charge >= 0.3 is 11.9 Å². The molecule has 0 saturated carbocycles. The van der Waals surface area contributed by atoms with Crippen molar-refractivity contribution in [3.05, 3.63) is 53.6 Å². The fraction of sp³-hybridized carbons (Fsp3) is 0.559. The Morgan fingerprint density at radius 2 is 1.52 bits per heavy atom. The Kier molecular flexibility index (Phi) is 10.2. The number of esters is 2. The summed E-state index contributed by atoms with van der Waals surface area (Å²) in [4.78, 5) is 32.5. The number of methoxy groups -OCH3 is 1. The van der Waals surface area contributed by atoms with E-state index in [9.17, 15) is 9.59 Å². The normalized spacial score (nSPS) is 17.3. The van der Waals surface area contributed by atoms with E-state index < -0.39 is 37.1 Å². The molecule has 0 radical (unpaired) electrons. The lowest BCUT2D eigenvalue weighted by atomic mass is 9.90. The number of para-hydroxylation sites is 1. The second kappa shape index (κ2) is 12.8. The Morgan fingerprint density at radius 3 is 2.07 bits per heavy atom. The summed E-state index contributed by atoms with van der Waals surface area (Å²) in [6, 6.07) is 13.2. The van der Waals surface area contributed by atoms with Crippen LogP contribution in [0.2, 0.25) is 18.1 Å². The minimum atomic E-state index is -2.38. The van der Waals surface area contributed by atoms with E-state index in [4.69, 9.17) is 28.2 Å². The smallest absolute Gasteiger partial charge is 0.354 e. The van der Waals surface area contributed by atoms with Crippen LogP contribution < -0.4 is 13.9 Å². The zero-order valence-corrected chi connectivity index (χ0v) is 29.4. The lowest BCUT2D eigenvalue weighted by Crippen LogP contribution is -2.46. The van der Waals surface area contributed by atoms with Crippen molar-refractivity contribution in [2.24, 2.45) is 5.16 Å². The molecule has 0 spiro atoms. The molecule has 1 unspecified atom stereocenters. The van der Waals surface area contributed by atoms with Crippen molar-refractivity contribution in [3.8, 4) is 17.2 Å². The predicted octanol–water partition coefficient (Wildman–Crippen LogP) is 7.59. The second-order valence-corrected chi connectivity index (χ2v) is 19.4. The Bertz CT molecular complexity index is 1360. The van der Waals surface area contributed by atoms with Gasteiger partial charge in [0.1, 0.15) is 23.6 Å². The maximum absolute atomic E-state index is 13.6. The number of nitrogens with zero attached hydrogens (tertiary/aromatic N) is 1. The summed E-state index contributed by atoms with van der Waals surface area (Å²) in [5.74, 6) is 0.541. The molecule has 44 heavy (non-hydrogen) atoms. The highest BCUT2D eigenvalue weighted by Gasteiger charge is 2.52. The largest absolute Gasteiger partial charge is 0.541 e. The van der Waals surface area contributed by atoms with Gasteiger partial charge in [0, 0.05) is 12.0 Å². The van der Waals surface area contributed by atoms with Crippen molar-refractivity contribution in [3.63, 3.8) is 0 Å². The van der Waals surface area contributed by atoms with Gasteiger partial charge in [-0.05, 0) is 89.5 Å². The third-order valence-corrected chi connectivity index (χ3v) is 11.7. The Hall–Kier alpha value is -3.53. The van der Waals surface area contributed by atoms with Crippen LogP contribution in [0.5, 0.6) is 17.2 Å². The van der Waals surface area contributed by atoms with Crippen LogP contribution in [0.25, 0.3) is 0 Å². The average molecular weight is 628 g/mol. The molecule has 2 aromatic rings. The number of hydrogen-bond acceptors (Lipinski definition) is 9. The van der Waals surface area contributed by atoms with E-state index >= 15 is 0 Å². The molecule has 0 N–H and O–H groups in total. The zero-order chi connectivity index (χ0) is 33.1. The summed E-state index contributed by atoms with van der Waals surface area (Å²) < 4.78 is 29.8. The Labute approximate surface area is 263 Å². The van der Waals surface area contributed by atoms with Crippen LogP contribution in [0.15, 0.2) is 47.6 Å². The van der Waals surface area contributed by atoms with Crippen LogP contribution in [0, 0.1) is 0 Å². The molecule has 242 valence electrons. The Morgan fingerprint density at radius 1 is 0.909 bits per heavy atom. The lowest BCUT2D eigenvalue weighted by molar-refractivity contribution is -0.188. The van der Waals surface area contributed by atoms with Gasteiger partial charge in [0.15, 0.2) is 11.5 Å². The molecule has 9 nitrogen and oxygen atoms in total. The van der Waals surface area contributed by atoms with Crippen LogP contribution in [-0.2, 0) is 30.5 Å². The SMILES string of the molecule is COc1ccc(COc2cccc(C3=NOC(CC(=O)OC(C)(C)C)(C(=O)OC(C)(C)C)C3)c2O[Si](C)(C)C(C)(C)C)cc1. The molecule has 1 atom stereocenters. The van der Waals surface area contributed by atoms with Gasteiger partial charge in [0.25, 0.3) is 8.32 Å². The molecule has 3 rings (SSSR count). The summed E-state index contributed by atoms with van der Waals surface area (Å²) in [7, 11) is -0.754. The third kappa shape index (κ3) is 9.00. The van der Waals surface area contributed by atoms with Crippen molar-refractivity contribution in [1.82, 2.24) is 0 Å². The van der Waals surface area contributed by atoms with Gasteiger partial charge in [-0.2, -0.15) is 0 Å². The number of oxime groups is 1. The van der Waals surface area contributed by atoms with Crippen molar-refractivity contribution < 1.29 is 37.8 Å². The molecule has 0 saturated heterocycles. The van der Waals surface area contributed by atoms with Gasteiger partial charge in [-0.3, -0.25) is 4.79 Å². The zero-order valence-electron chi connectivity index (χ0n) is 28.4. The first kappa shape index (κ1) is 35.0. The van der Waals surface area contributed by atoms with Crippen LogP contribution in [-0.4, -0.2) is 49.9 Å². The van der Waals surface area contributed by atoms with Crippen LogP contribution >= 0.6 is 0 Å². The summed E-state index contributed by atoms with van der Waals surface area (Å²) in [5.41, 5.74) is -1.22. The monoisotopic (exact) mass is 627 g/mol. The van der Waals surface area contributed by atoms with E-state index in [2.05, 4.69) is 39.0 Å². The number of rotatable bonds is 10. The van der Waals surface area contributed by atoms with Gasteiger partial charge < -0.3 is 28.2 Å². The summed E-state index contributed by atoms with van der Waals surface area (Å²) in [5, 5.41) is 4.25. The highest BCUT2D eigenvalue weighted by atomic mass is 28.4. The first-order chi connectivity index (χ1) is 20.1. The van der Waals surface area contributed by atoms with Gasteiger partial charge in [-0.1, -0.05) is 44.1 Å². The van der Waals surface area contributed by atoms with Crippen molar-refractivity contribution in [2.75, 3.05) is 7.11 Å². The minimum Gasteiger partial charge on any atom is -0.541 e. The molecule has 0 fully saturated rings. The fourth-order valence-electron chi connectivity index (χ4n) is 4.13. The molecule has 2 aromatic carbocycles. The highest BCUT2D eigenvalue weighted by Crippen LogP contribution is 2.44. The molecular weight excluding hydrogens is 578 g/mol.